The van der Waals surface area contributed by atoms with Gasteiger partial charge in [0.05, 0.1) is 11.4 Å². The van der Waals surface area contributed by atoms with E-state index in [1.807, 2.05) is 0 Å². The first kappa shape index (κ1) is 58.0. The van der Waals surface area contributed by atoms with Crippen LogP contribution in [0.3, 0.4) is 0 Å². The Balaban J connectivity index is 0.977. The van der Waals surface area contributed by atoms with Crippen molar-refractivity contribution < 1.29 is 0 Å². The van der Waals surface area contributed by atoms with Crippen molar-refractivity contribution in [3.8, 4) is 66.8 Å². The Morgan fingerprint density at radius 2 is 0.711 bits per heavy atom. The maximum Gasteiger partial charge on any atom is 0.252 e. The summed E-state index contributed by atoms with van der Waals surface area (Å²) in [5.41, 5.74) is 29.4. The molecular formula is C93H78BN3. The number of piperidine rings is 2. The minimum absolute atomic E-state index is 0.0439. The fraction of sp³-hybridized carbons (Fsp3) is 0.183. The SMILES string of the molecule is CC(C)(C)c1cc2ccc3cc(C(C)(C)C)cc4c(-c5ccc6c(c5)N(c5c(-c7ccccc7)cccc5-c5ccccc5)c5cc(N7C8CC9CC(C8)CC7C9)cc7c5B6c5ccc(-c6ccccc6)cc5N7c5c(-c6ccccc6)cccc5-c5ccccc5)cc(c1)c2c34. The second-order valence-electron chi connectivity index (χ2n) is 30.8. The van der Waals surface area contributed by atoms with Crippen LogP contribution in [0.25, 0.3) is 99.1 Å². The van der Waals surface area contributed by atoms with Crippen LogP contribution in [0.5, 0.6) is 0 Å². The number of hydrogen-bond acceptors (Lipinski definition) is 3. The molecule has 97 heavy (non-hydrogen) atoms. The highest BCUT2D eigenvalue weighted by atomic mass is 15.2. The number of rotatable bonds is 9. The van der Waals surface area contributed by atoms with Crippen molar-refractivity contribution in [2.24, 2.45) is 11.8 Å². The fourth-order valence-corrected chi connectivity index (χ4v) is 18.5. The summed E-state index contributed by atoms with van der Waals surface area (Å²) < 4.78 is 0. The van der Waals surface area contributed by atoms with Gasteiger partial charge >= 0.3 is 0 Å². The van der Waals surface area contributed by atoms with E-state index in [0.29, 0.717) is 12.1 Å². The zero-order chi connectivity index (χ0) is 65.0. The third-order valence-electron chi connectivity index (χ3n) is 22.9. The van der Waals surface area contributed by atoms with E-state index in [9.17, 15) is 0 Å². The van der Waals surface area contributed by atoms with Crippen molar-refractivity contribution in [1.29, 1.82) is 0 Å². The van der Waals surface area contributed by atoms with E-state index in [4.69, 9.17) is 0 Å². The molecule has 0 unspecified atom stereocenters. The lowest BCUT2D eigenvalue weighted by Gasteiger charge is -2.58. The van der Waals surface area contributed by atoms with E-state index in [0.717, 1.165) is 11.8 Å². The van der Waals surface area contributed by atoms with E-state index >= 15 is 0 Å². The molecule has 6 aliphatic rings. The first-order valence-corrected chi connectivity index (χ1v) is 35.5. The van der Waals surface area contributed by atoms with Crippen LogP contribution in [-0.4, -0.2) is 18.8 Å². The monoisotopic (exact) mass is 1250 g/mol. The molecule has 2 aliphatic carbocycles. The molecular weight excluding hydrogens is 1170 g/mol. The van der Waals surface area contributed by atoms with Gasteiger partial charge in [0.1, 0.15) is 0 Å². The Morgan fingerprint density at radius 1 is 0.309 bits per heavy atom. The molecule has 20 rings (SSSR count). The number of nitrogens with zero attached hydrogens (tertiary/aromatic N) is 3. The normalized spacial score (nSPS) is 17.7. The van der Waals surface area contributed by atoms with Gasteiger partial charge in [-0.2, -0.15) is 0 Å². The lowest BCUT2D eigenvalue weighted by Crippen LogP contribution is -2.62. The number of hydrogen-bond donors (Lipinski definition) is 0. The smallest absolute Gasteiger partial charge is 0.252 e. The maximum absolute atomic E-state index is 2.96. The lowest BCUT2D eigenvalue weighted by molar-refractivity contribution is 0.0900. The summed E-state index contributed by atoms with van der Waals surface area (Å²) in [5, 5.41) is 7.90. The molecule has 468 valence electrons. The molecule has 2 saturated carbocycles. The van der Waals surface area contributed by atoms with Gasteiger partial charge in [-0.05, 0) is 196 Å². The van der Waals surface area contributed by atoms with Crippen molar-refractivity contribution >= 4 is 95.2 Å². The number of anilines is 7. The molecule has 0 N–H and O–H groups in total. The molecule has 2 saturated heterocycles. The zero-order valence-corrected chi connectivity index (χ0v) is 56.3. The molecule has 0 radical (unpaired) electrons. The summed E-state index contributed by atoms with van der Waals surface area (Å²) in [6.45, 7) is 14.0. The topological polar surface area (TPSA) is 9.72 Å². The van der Waals surface area contributed by atoms with Crippen LogP contribution in [0.4, 0.5) is 39.8 Å². The standard InChI is InChI=1S/C93H78BN3/c1-92(2,3)70-49-67-38-39-68-50-71(93(4,5)6)55-80-79(52-69(51-70)87(67)88(68)80)66-41-43-82-84(54-66)97(91-77(63-30-18-10-19-31-63)36-23-37-78(91)64-32-20-11-21-33-64)86-57-74(95-72-45-58-44-59(47-72)48-73(95)46-58)56-85-89(86)94(82)81-42-40-65(60-24-12-7-13-25-60)53-83(81)96(85)90-75(61-26-14-8-15-27-61)34-22-35-76(90)62-28-16-9-17-29-62/h7-43,49-59,72-73H,44-48H2,1-6H3. The van der Waals surface area contributed by atoms with E-state index in [1.54, 1.807) is 0 Å². The summed E-state index contributed by atoms with van der Waals surface area (Å²) in [7, 11) is 0. The minimum Gasteiger partial charge on any atom is -0.365 e. The second-order valence-corrected chi connectivity index (χ2v) is 30.8. The molecule has 4 heterocycles. The lowest BCUT2D eigenvalue weighted by atomic mass is 9.33. The molecule has 14 aromatic carbocycles. The summed E-state index contributed by atoms with van der Waals surface area (Å²) in [5.74, 6) is 1.58. The Kier molecular flexibility index (Phi) is 13.2. The Hall–Kier alpha value is -10.4. The van der Waals surface area contributed by atoms with Gasteiger partial charge in [0.2, 0.25) is 0 Å². The quantitative estimate of drug-likeness (QED) is 0.105. The van der Waals surface area contributed by atoms with Gasteiger partial charge in [-0.15, -0.1) is 0 Å². The van der Waals surface area contributed by atoms with Crippen LogP contribution < -0.4 is 31.1 Å². The molecule has 0 atom stereocenters. The predicted molar refractivity (Wildman–Crippen MR) is 414 cm³/mol. The average molecular weight is 1250 g/mol. The highest BCUT2D eigenvalue weighted by Gasteiger charge is 2.50. The third kappa shape index (κ3) is 9.37. The maximum atomic E-state index is 2.96. The molecule has 3 nitrogen and oxygen atoms in total. The second kappa shape index (κ2) is 22.1. The van der Waals surface area contributed by atoms with Crippen LogP contribution in [0.1, 0.15) is 84.8 Å². The predicted octanol–water partition coefficient (Wildman–Crippen LogP) is 23.0. The number of benzene rings is 14. The highest BCUT2D eigenvalue weighted by molar-refractivity contribution is 7.00. The van der Waals surface area contributed by atoms with Crippen molar-refractivity contribution in [2.45, 2.75) is 96.6 Å². The van der Waals surface area contributed by atoms with E-state index in [1.165, 1.54) is 199 Å². The summed E-state index contributed by atoms with van der Waals surface area (Å²) in [6, 6.07) is 109. The summed E-state index contributed by atoms with van der Waals surface area (Å²) in [6.07, 6.45) is 6.39. The van der Waals surface area contributed by atoms with Crippen molar-refractivity contribution in [2.75, 3.05) is 14.7 Å². The van der Waals surface area contributed by atoms with Gasteiger partial charge in [0, 0.05) is 62.8 Å². The van der Waals surface area contributed by atoms with Crippen LogP contribution in [-0.2, 0) is 10.8 Å². The van der Waals surface area contributed by atoms with E-state index in [2.05, 4.69) is 335 Å². The molecule has 4 aliphatic heterocycles. The zero-order valence-electron chi connectivity index (χ0n) is 56.3. The van der Waals surface area contributed by atoms with Gasteiger partial charge < -0.3 is 14.7 Å². The summed E-state index contributed by atoms with van der Waals surface area (Å²) >= 11 is 0. The van der Waals surface area contributed by atoms with E-state index in [-0.39, 0.29) is 17.5 Å². The fourth-order valence-electron chi connectivity index (χ4n) is 18.5. The first-order chi connectivity index (χ1) is 47.3. The summed E-state index contributed by atoms with van der Waals surface area (Å²) in [4.78, 5) is 8.51. The van der Waals surface area contributed by atoms with Gasteiger partial charge in [-0.25, -0.2) is 0 Å². The van der Waals surface area contributed by atoms with Crippen LogP contribution in [0.2, 0.25) is 0 Å². The molecule has 0 aromatic heterocycles. The average Bonchev–Trinajstić information content (AvgIpc) is 0.689. The Bertz CT molecular complexity index is 5290. The van der Waals surface area contributed by atoms with Crippen molar-refractivity contribution in [3.63, 3.8) is 0 Å². The molecule has 4 bridgehead atoms. The first-order valence-electron chi connectivity index (χ1n) is 35.5. The molecule has 4 fully saturated rings. The van der Waals surface area contributed by atoms with Crippen LogP contribution in [0.15, 0.2) is 279 Å². The number of fused-ring (bicyclic) bond motifs is 4. The minimum atomic E-state index is -0.155. The van der Waals surface area contributed by atoms with Gasteiger partial charge in [-0.3, -0.25) is 0 Å². The molecule has 0 amide bonds. The van der Waals surface area contributed by atoms with Crippen LogP contribution >= 0.6 is 0 Å². The molecule has 4 heteroatoms. The molecule has 14 aromatic rings. The third-order valence-corrected chi connectivity index (χ3v) is 22.9. The van der Waals surface area contributed by atoms with Crippen molar-refractivity contribution in [3.05, 3.63) is 290 Å². The largest absolute Gasteiger partial charge is 0.365 e. The van der Waals surface area contributed by atoms with Gasteiger partial charge in [0.15, 0.2) is 0 Å². The van der Waals surface area contributed by atoms with Gasteiger partial charge in [-0.1, -0.05) is 284 Å². The molecule has 0 spiro atoms. The van der Waals surface area contributed by atoms with Crippen molar-refractivity contribution in [1.82, 2.24) is 0 Å². The number of para-hydroxylation sites is 2. The Labute approximate surface area is 571 Å². The highest BCUT2D eigenvalue weighted by Crippen LogP contribution is 2.57. The van der Waals surface area contributed by atoms with E-state index < -0.39 is 0 Å². The van der Waals surface area contributed by atoms with Crippen LogP contribution in [0, 0.1) is 11.8 Å². The Morgan fingerprint density at radius 3 is 1.16 bits per heavy atom. The van der Waals surface area contributed by atoms with Gasteiger partial charge in [0.25, 0.3) is 6.71 Å².